The molecule has 3 heteroatoms. The van der Waals surface area contributed by atoms with E-state index in [0.717, 1.165) is 12.2 Å². The van der Waals surface area contributed by atoms with Crippen LogP contribution in [0.25, 0.3) is 0 Å². The highest BCUT2D eigenvalue weighted by atomic mass is 31.1. The highest BCUT2D eigenvalue weighted by molar-refractivity contribution is 7.56. The monoisotopic (exact) mass is 447 g/mol. The van der Waals surface area contributed by atoms with Gasteiger partial charge in [0.1, 0.15) is 5.75 Å². The van der Waals surface area contributed by atoms with Crippen LogP contribution in [0, 0.1) is 12.8 Å². The first-order valence-corrected chi connectivity index (χ1v) is 12.6. The van der Waals surface area contributed by atoms with Gasteiger partial charge in [0.05, 0.1) is 12.1 Å². The standard InChI is InChI=1S/C29H38NOP/c1-21-17-24(28(2,3)4)27(31-20-22-13-9-8-10-14-22)26(18-21)32-25-16-12-11-15-23(25)19-30-29(5,6)7/h8-13,15-19,22,32H,14,20H2,1-7H3. The van der Waals surface area contributed by atoms with Gasteiger partial charge < -0.3 is 4.74 Å². The minimum atomic E-state index is -0.0881. The van der Waals surface area contributed by atoms with Crippen LogP contribution in [0.3, 0.4) is 0 Å². The van der Waals surface area contributed by atoms with Crippen LogP contribution in [0.4, 0.5) is 0 Å². The van der Waals surface area contributed by atoms with E-state index in [1.807, 2.05) is 6.21 Å². The zero-order valence-corrected chi connectivity index (χ0v) is 21.7. The Labute approximate surface area is 196 Å². The van der Waals surface area contributed by atoms with E-state index < -0.39 is 0 Å². The van der Waals surface area contributed by atoms with Crippen LogP contribution in [0.2, 0.25) is 0 Å². The molecule has 0 radical (unpaired) electrons. The van der Waals surface area contributed by atoms with Crippen LogP contribution in [0.15, 0.2) is 65.7 Å². The predicted octanol–water partition coefficient (Wildman–Crippen LogP) is 6.65. The summed E-state index contributed by atoms with van der Waals surface area (Å²) in [6, 6.07) is 13.2. The SMILES string of the molecule is Cc1cc(Pc2ccccc2C=NC(C)(C)C)c(OCC2C=CC=CC2)c(C(C)(C)C)c1. The Balaban J connectivity index is 1.99. The van der Waals surface area contributed by atoms with Crippen LogP contribution >= 0.6 is 8.58 Å². The fourth-order valence-electron chi connectivity index (χ4n) is 3.66. The van der Waals surface area contributed by atoms with Crippen molar-refractivity contribution in [1.29, 1.82) is 0 Å². The predicted molar refractivity (Wildman–Crippen MR) is 143 cm³/mol. The molecule has 0 amide bonds. The second kappa shape index (κ2) is 10.2. The third kappa shape index (κ3) is 6.91. The number of aryl methyl sites for hydroxylation is 1. The molecule has 0 bridgehead atoms. The van der Waals surface area contributed by atoms with Gasteiger partial charge in [0.2, 0.25) is 0 Å². The molecule has 0 aliphatic heterocycles. The summed E-state index contributed by atoms with van der Waals surface area (Å²) in [6.07, 6.45) is 11.8. The lowest BCUT2D eigenvalue weighted by atomic mass is 9.85. The summed E-state index contributed by atoms with van der Waals surface area (Å²) < 4.78 is 6.60. The van der Waals surface area contributed by atoms with Crippen molar-refractivity contribution in [3.63, 3.8) is 0 Å². The first-order valence-electron chi connectivity index (χ1n) is 11.6. The number of hydrogen-bond acceptors (Lipinski definition) is 2. The van der Waals surface area contributed by atoms with Crippen molar-refractivity contribution >= 4 is 25.4 Å². The summed E-state index contributed by atoms with van der Waals surface area (Å²) in [4.78, 5) is 4.76. The average Bonchev–Trinajstić information content (AvgIpc) is 2.71. The molecule has 0 heterocycles. The molecule has 0 saturated carbocycles. The fraction of sp³-hybridized carbons (Fsp3) is 0.414. The summed E-state index contributed by atoms with van der Waals surface area (Å²) in [6.45, 7) is 16.1. The molecular weight excluding hydrogens is 409 g/mol. The van der Waals surface area contributed by atoms with E-state index in [2.05, 4.69) is 109 Å². The van der Waals surface area contributed by atoms with Gasteiger partial charge in [0.25, 0.3) is 0 Å². The molecule has 2 aromatic rings. The Morgan fingerprint density at radius 3 is 2.44 bits per heavy atom. The Kier molecular flexibility index (Phi) is 7.78. The molecule has 170 valence electrons. The van der Waals surface area contributed by atoms with E-state index in [-0.39, 0.29) is 11.0 Å². The normalized spacial score (nSPS) is 17.0. The lowest BCUT2D eigenvalue weighted by molar-refractivity contribution is 0.271. The minimum Gasteiger partial charge on any atom is -0.492 e. The van der Waals surface area contributed by atoms with Crippen LogP contribution < -0.4 is 15.3 Å². The highest BCUT2D eigenvalue weighted by Gasteiger charge is 2.23. The maximum Gasteiger partial charge on any atom is 0.130 e. The summed E-state index contributed by atoms with van der Waals surface area (Å²) in [5.41, 5.74) is 3.68. The Morgan fingerprint density at radius 2 is 1.78 bits per heavy atom. The van der Waals surface area contributed by atoms with Gasteiger partial charge in [0, 0.05) is 28.6 Å². The molecule has 1 aliphatic carbocycles. The Morgan fingerprint density at radius 1 is 1.03 bits per heavy atom. The zero-order valence-electron chi connectivity index (χ0n) is 20.7. The Hall–Kier alpha value is -2.18. The molecule has 2 atom stereocenters. The van der Waals surface area contributed by atoms with Gasteiger partial charge in [-0.15, -0.1) is 0 Å². The molecule has 2 unspecified atom stereocenters. The van der Waals surface area contributed by atoms with Gasteiger partial charge in [-0.25, -0.2) is 0 Å². The summed E-state index contributed by atoms with van der Waals surface area (Å²) in [5.74, 6) is 1.49. The maximum absolute atomic E-state index is 6.60. The zero-order chi connectivity index (χ0) is 23.4. The number of nitrogens with zero attached hydrogens (tertiary/aromatic N) is 1. The van der Waals surface area contributed by atoms with E-state index in [0.29, 0.717) is 21.1 Å². The number of benzene rings is 2. The second-order valence-corrected chi connectivity index (χ2v) is 12.0. The molecule has 3 rings (SSSR count). The second-order valence-electron chi connectivity index (χ2n) is 10.7. The van der Waals surface area contributed by atoms with Crippen molar-refractivity contribution in [2.24, 2.45) is 10.9 Å². The van der Waals surface area contributed by atoms with Crippen molar-refractivity contribution in [3.05, 3.63) is 77.4 Å². The van der Waals surface area contributed by atoms with Gasteiger partial charge in [-0.1, -0.05) is 84.0 Å². The average molecular weight is 448 g/mol. The number of aliphatic imine (C=N–C) groups is 1. The lowest BCUT2D eigenvalue weighted by Gasteiger charge is -2.27. The molecule has 0 fully saturated rings. The quantitative estimate of drug-likeness (QED) is 0.359. The van der Waals surface area contributed by atoms with Crippen molar-refractivity contribution in [2.75, 3.05) is 6.61 Å². The largest absolute Gasteiger partial charge is 0.492 e. The van der Waals surface area contributed by atoms with Crippen LogP contribution in [0.1, 0.15) is 64.7 Å². The van der Waals surface area contributed by atoms with Crippen molar-refractivity contribution < 1.29 is 4.74 Å². The van der Waals surface area contributed by atoms with E-state index in [4.69, 9.17) is 9.73 Å². The van der Waals surface area contributed by atoms with Gasteiger partial charge in [-0.2, -0.15) is 0 Å². The summed E-state index contributed by atoms with van der Waals surface area (Å²) in [5, 5.41) is 2.58. The van der Waals surface area contributed by atoms with Crippen LogP contribution in [-0.2, 0) is 5.41 Å². The third-order valence-electron chi connectivity index (χ3n) is 5.37. The number of rotatable bonds is 6. The lowest BCUT2D eigenvalue weighted by Crippen LogP contribution is -2.22. The number of hydrogen-bond donors (Lipinski definition) is 0. The number of ether oxygens (including phenoxy) is 1. The van der Waals surface area contributed by atoms with E-state index in [1.54, 1.807) is 0 Å². The van der Waals surface area contributed by atoms with E-state index >= 15 is 0 Å². The summed E-state index contributed by atoms with van der Waals surface area (Å²) >= 11 is 0. The number of allylic oxidation sites excluding steroid dienone is 3. The topological polar surface area (TPSA) is 21.6 Å². The molecule has 1 aliphatic rings. The molecule has 0 N–H and O–H groups in total. The molecular formula is C29H38NOP. The first-order chi connectivity index (χ1) is 15.0. The third-order valence-corrected chi connectivity index (χ3v) is 6.74. The molecule has 2 nitrogen and oxygen atoms in total. The van der Waals surface area contributed by atoms with Gasteiger partial charge >= 0.3 is 0 Å². The fourth-order valence-corrected chi connectivity index (χ4v) is 5.04. The molecule has 0 aromatic heterocycles. The smallest absolute Gasteiger partial charge is 0.130 e. The van der Waals surface area contributed by atoms with Gasteiger partial charge in [0.15, 0.2) is 0 Å². The summed E-state index contributed by atoms with van der Waals surface area (Å²) in [7, 11) is 0.510. The highest BCUT2D eigenvalue weighted by Crippen LogP contribution is 2.35. The minimum absolute atomic E-state index is 0.0100. The van der Waals surface area contributed by atoms with E-state index in [9.17, 15) is 0 Å². The molecule has 0 spiro atoms. The van der Waals surface area contributed by atoms with Crippen molar-refractivity contribution in [2.45, 2.75) is 65.8 Å². The molecule has 2 aromatic carbocycles. The molecule has 0 saturated heterocycles. The first kappa shape index (κ1) is 24.5. The van der Waals surface area contributed by atoms with Crippen molar-refractivity contribution in [3.8, 4) is 5.75 Å². The van der Waals surface area contributed by atoms with Crippen LogP contribution in [0.5, 0.6) is 5.75 Å². The molecule has 32 heavy (non-hydrogen) atoms. The maximum atomic E-state index is 6.60. The van der Waals surface area contributed by atoms with Gasteiger partial charge in [-0.3, -0.25) is 4.99 Å². The van der Waals surface area contributed by atoms with Gasteiger partial charge in [-0.05, 0) is 56.5 Å². The van der Waals surface area contributed by atoms with Crippen LogP contribution in [-0.4, -0.2) is 18.4 Å². The van der Waals surface area contributed by atoms with E-state index in [1.165, 1.54) is 27.3 Å². The Bertz CT molecular complexity index is 1020. The van der Waals surface area contributed by atoms with Crippen molar-refractivity contribution in [1.82, 2.24) is 0 Å².